The second-order valence-electron chi connectivity index (χ2n) is 5.93. The van der Waals surface area contributed by atoms with E-state index in [2.05, 4.69) is 15.4 Å². The summed E-state index contributed by atoms with van der Waals surface area (Å²) in [6.45, 7) is 5.27. The van der Waals surface area contributed by atoms with Gasteiger partial charge in [0, 0.05) is 12.2 Å². The van der Waals surface area contributed by atoms with Crippen molar-refractivity contribution in [3.63, 3.8) is 0 Å². The maximum atomic E-state index is 12.3. The molecule has 1 heterocycles. The van der Waals surface area contributed by atoms with E-state index in [1.54, 1.807) is 25.1 Å². The SMILES string of the molecule is CCCS(=O)(=O)Nc1cccc(NC(=O)C2CCCNC2)c1C.Cl. The summed E-state index contributed by atoms with van der Waals surface area (Å²) in [4.78, 5) is 12.3. The number of rotatable bonds is 6. The summed E-state index contributed by atoms with van der Waals surface area (Å²) < 4.78 is 26.4. The van der Waals surface area contributed by atoms with E-state index in [0.29, 0.717) is 24.3 Å². The third-order valence-corrected chi connectivity index (χ3v) is 5.47. The first-order valence-electron chi connectivity index (χ1n) is 8.04. The fourth-order valence-corrected chi connectivity index (χ4v) is 3.88. The molecule has 1 aliphatic heterocycles. The van der Waals surface area contributed by atoms with Gasteiger partial charge in [0.1, 0.15) is 0 Å². The Morgan fingerprint density at radius 2 is 2.04 bits per heavy atom. The number of hydrogen-bond donors (Lipinski definition) is 3. The van der Waals surface area contributed by atoms with Crippen molar-refractivity contribution in [3.8, 4) is 0 Å². The molecule has 136 valence electrons. The highest BCUT2D eigenvalue weighted by Gasteiger charge is 2.21. The van der Waals surface area contributed by atoms with Crippen LogP contribution in [0.2, 0.25) is 0 Å². The number of piperidine rings is 1. The summed E-state index contributed by atoms with van der Waals surface area (Å²) in [6.07, 6.45) is 2.42. The van der Waals surface area contributed by atoms with E-state index in [9.17, 15) is 13.2 Å². The van der Waals surface area contributed by atoms with Crippen LogP contribution in [0.15, 0.2) is 18.2 Å². The molecule has 1 fully saturated rings. The van der Waals surface area contributed by atoms with Gasteiger partial charge in [0.05, 0.1) is 17.4 Å². The van der Waals surface area contributed by atoms with Gasteiger partial charge in [0.2, 0.25) is 15.9 Å². The van der Waals surface area contributed by atoms with Gasteiger partial charge in [-0.15, -0.1) is 12.4 Å². The monoisotopic (exact) mass is 375 g/mol. The lowest BCUT2D eigenvalue weighted by Gasteiger charge is -2.22. The minimum absolute atomic E-state index is 0. The molecule has 8 heteroatoms. The summed E-state index contributed by atoms with van der Waals surface area (Å²) >= 11 is 0. The molecule has 1 saturated heterocycles. The van der Waals surface area contributed by atoms with Gasteiger partial charge in [0.15, 0.2) is 0 Å². The molecule has 1 aromatic rings. The maximum absolute atomic E-state index is 12.3. The van der Waals surface area contributed by atoms with Gasteiger partial charge in [-0.05, 0) is 50.4 Å². The molecule has 1 aromatic carbocycles. The molecule has 1 unspecified atom stereocenters. The summed E-state index contributed by atoms with van der Waals surface area (Å²) in [6, 6.07) is 5.24. The molecule has 0 aliphatic carbocycles. The predicted octanol–water partition coefficient (Wildman–Crippen LogP) is 2.51. The van der Waals surface area contributed by atoms with Crippen LogP contribution in [0.4, 0.5) is 11.4 Å². The number of benzene rings is 1. The van der Waals surface area contributed by atoms with Crippen LogP contribution in [0.3, 0.4) is 0 Å². The van der Waals surface area contributed by atoms with Crippen LogP contribution in [-0.4, -0.2) is 33.2 Å². The molecule has 6 nitrogen and oxygen atoms in total. The Kier molecular flexibility index (Phi) is 7.99. The summed E-state index contributed by atoms with van der Waals surface area (Å²) in [5.41, 5.74) is 1.89. The Hall–Kier alpha value is -1.31. The average molecular weight is 376 g/mol. The van der Waals surface area contributed by atoms with Crippen molar-refractivity contribution < 1.29 is 13.2 Å². The summed E-state index contributed by atoms with van der Waals surface area (Å²) in [5.74, 6) is 0.0222. The number of amides is 1. The van der Waals surface area contributed by atoms with Crippen LogP contribution in [0.1, 0.15) is 31.7 Å². The largest absolute Gasteiger partial charge is 0.325 e. The van der Waals surface area contributed by atoms with Crippen molar-refractivity contribution in [1.29, 1.82) is 0 Å². The summed E-state index contributed by atoms with van der Waals surface area (Å²) in [7, 11) is -3.35. The number of halogens is 1. The fraction of sp³-hybridized carbons (Fsp3) is 0.562. The molecular weight excluding hydrogens is 350 g/mol. The molecule has 3 N–H and O–H groups in total. The van der Waals surface area contributed by atoms with Crippen LogP contribution < -0.4 is 15.4 Å². The second kappa shape index (κ2) is 9.25. The zero-order chi connectivity index (χ0) is 16.9. The third-order valence-electron chi connectivity index (χ3n) is 4.00. The van der Waals surface area contributed by atoms with E-state index < -0.39 is 10.0 Å². The van der Waals surface area contributed by atoms with Gasteiger partial charge in [-0.3, -0.25) is 9.52 Å². The molecule has 24 heavy (non-hydrogen) atoms. The second-order valence-corrected chi connectivity index (χ2v) is 7.77. The minimum Gasteiger partial charge on any atom is -0.325 e. The number of anilines is 2. The Morgan fingerprint density at radius 1 is 1.33 bits per heavy atom. The van der Waals surface area contributed by atoms with Crippen molar-refractivity contribution in [2.45, 2.75) is 33.1 Å². The molecular formula is C16H26ClN3O3S. The van der Waals surface area contributed by atoms with Gasteiger partial charge >= 0.3 is 0 Å². The first kappa shape index (κ1) is 20.7. The zero-order valence-corrected chi connectivity index (χ0v) is 15.7. The van der Waals surface area contributed by atoms with Crippen molar-refractivity contribution in [2.75, 3.05) is 28.9 Å². The molecule has 0 aromatic heterocycles. The van der Waals surface area contributed by atoms with E-state index in [4.69, 9.17) is 0 Å². The van der Waals surface area contributed by atoms with E-state index in [1.807, 2.05) is 6.92 Å². The number of carbonyl (C=O) groups is 1. The van der Waals surface area contributed by atoms with E-state index in [-0.39, 0.29) is 30.0 Å². The average Bonchev–Trinajstić information content (AvgIpc) is 2.52. The van der Waals surface area contributed by atoms with E-state index >= 15 is 0 Å². The molecule has 0 bridgehead atoms. The predicted molar refractivity (Wildman–Crippen MR) is 100 cm³/mol. The highest BCUT2D eigenvalue weighted by atomic mass is 35.5. The standard InChI is InChI=1S/C16H25N3O3S.ClH/c1-3-10-23(21,22)19-15-8-4-7-14(12(15)2)18-16(20)13-6-5-9-17-11-13;/h4,7-8,13,17,19H,3,5-6,9-11H2,1-2H3,(H,18,20);1H. The van der Waals surface area contributed by atoms with Gasteiger partial charge in [0.25, 0.3) is 0 Å². The van der Waals surface area contributed by atoms with Crippen LogP contribution in [0.5, 0.6) is 0 Å². The quantitative estimate of drug-likeness (QED) is 0.712. The Bertz CT molecular complexity index is 659. The van der Waals surface area contributed by atoms with Crippen LogP contribution in [0.25, 0.3) is 0 Å². The van der Waals surface area contributed by atoms with Gasteiger partial charge in [-0.25, -0.2) is 8.42 Å². The van der Waals surface area contributed by atoms with E-state index in [0.717, 1.165) is 24.9 Å². The Morgan fingerprint density at radius 3 is 2.67 bits per heavy atom. The lowest BCUT2D eigenvalue weighted by Crippen LogP contribution is -2.37. The lowest BCUT2D eigenvalue weighted by atomic mass is 9.98. The van der Waals surface area contributed by atoms with Gasteiger partial charge in [-0.2, -0.15) is 0 Å². The molecule has 1 amide bonds. The highest BCUT2D eigenvalue weighted by Crippen LogP contribution is 2.25. The zero-order valence-electron chi connectivity index (χ0n) is 14.1. The van der Waals surface area contributed by atoms with Crippen LogP contribution in [0, 0.1) is 12.8 Å². The van der Waals surface area contributed by atoms with Crippen molar-refractivity contribution >= 4 is 39.7 Å². The summed E-state index contributed by atoms with van der Waals surface area (Å²) in [5, 5.41) is 6.14. The lowest BCUT2D eigenvalue weighted by molar-refractivity contribution is -0.120. The van der Waals surface area contributed by atoms with Crippen molar-refractivity contribution in [2.24, 2.45) is 5.92 Å². The van der Waals surface area contributed by atoms with Crippen LogP contribution in [-0.2, 0) is 14.8 Å². The highest BCUT2D eigenvalue weighted by molar-refractivity contribution is 7.92. The smallest absolute Gasteiger partial charge is 0.232 e. The molecule has 1 aliphatic rings. The maximum Gasteiger partial charge on any atom is 0.232 e. The normalized spacial score (nSPS) is 17.7. The topological polar surface area (TPSA) is 87.3 Å². The number of nitrogens with one attached hydrogen (secondary N) is 3. The van der Waals surface area contributed by atoms with E-state index in [1.165, 1.54) is 0 Å². The first-order chi connectivity index (χ1) is 10.9. The first-order valence-corrected chi connectivity index (χ1v) is 9.70. The number of hydrogen-bond acceptors (Lipinski definition) is 4. The van der Waals surface area contributed by atoms with Gasteiger partial charge in [-0.1, -0.05) is 13.0 Å². The molecule has 2 rings (SSSR count). The van der Waals surface area contributed by atoms with Gasteiger partial charge < -0.3 is 10.6 Å². The van der Waals surface area contributed by atoms with Crippen LogP contribution >= 0.6 is 12.4 Å². The Balaban J connectivity index is 0.00000288. The van der Waals surface area contributed by atoms with Crippen molar-refractivity contribution in [1.82, 2.24) is 5.32 Å². The van der Waals surface area contributed by atoms with Crippen molar-refractivity contribution in [3.05, 3.63) is 23.8 Å². The number of carbonyl (C=O) groups excluding carboxylic acids is 1. The number of sulfonamides is 1. The Labute approximate surface area is 150 Å². The molecule has 0 spiro atoms. The fourth-order valence-electron chi connectivity index (χ4n) is 2.68. The molecule has 0 radical (unpaired) electrons. The molecule has 1 atom stereocenters. The minimum atomic E-state index is -3.35. The molecule has 0 saturated carbocycles. The third kappa shape index (κ3) is 5.65.